The predicted octanol–water partition coefficient (Wildman–Crippen LogP) is 2.85. The molecule has 1 unspecified atom stereocenters. The number of thioether (sulfide) groups is 1. The van der Waals surface area contributed by atoms with Gasteiger partial charge in [0.1, 0.15) is 5.76 Å². The SMILES string of the molecule is Cc1ccnc(SCC(=O)N2CCCC2c2c(C)noc2C)n1. The fourth-order valence-corrected chi connectivity index (χ4v) is 3.80. The van der Waals surface area contributed by atoms with Crippen molar-refractivity contribution in [3.8, 4) is 0 Å². The lowest BCUT2D eigenvalue weighted by molar-refractivity contribution is -0.129. The molecule has 3 heterocycles. The van der Waals surface area contributed by atoms with Gasteiger partial charge in [0.2, 0.25) is 5.91 Å². The molecule has 0 radical (unpaired) electrons. The van der Waals surface area contributed by atoms with E-state index in [1.54, 1.807) is 6.20 Å². The lowest BCUT2D eigenvalue weighted by Gasteiger charge is -2.24. The van der Waals surface area contributed by atoms with Crippen molar-refractivity contribution in [2.24, 2.45) is 0 Å². The Balaban J connectivity index is 1.69. The van der Waals surface area contributed by atoms with Gasteiger partial charge in [-0.25, -0.2) is 9.97 Å². The van der Waals surface area contributed by atoms with E-state index >= 15 is 0 Å². The Kier molecular flexibility index (Phi) is 4.66. The average Bonchev–Trinajstić information content (AvgIpc) is 3.11. The van der Waals surface area contributed by atoms with Gasteiger partial charge in [0.05, 0.1) is 17.5 Å². The molecule has 7 heteroatoms. The summed E-state index contributed by atoms with van der Waals surface area (Å²) in [4.78, 5) is 23.1. The summed E-state index contributed by atoms with van der Waals surface area (Å²) in [5, 5.41) is 4.66. The van der Waals surface area contributed by atoms with Gasteiger partial charge < -0.3 is 9.42 Å². The van der Waals surface area contributed by atoms with Crippen LogP contribution in [-0.2, 0) is 4.79 Å². The van der Waals surface area contributed by atoms with Gasteiger partial charge in [-0.15, -0.1) is 0 Å². The van der Waals surface area contributed by atoms with Gasteiger partial charge in [-0.1, -0.05) is 16.9 Å². The number of aromatic nitrogens is 3. The molecule has 1 aliphatic heterocycles. The van der Waals surface area contributed by atoms with Crippen LogP contribution < -0.4 is 0 Å². The quantitative estimate of drug-likeness (QED) is 0.633. The maximum Gasteiger partial charge on any atom is 0.233 e. The van der Waals surface area contributed by atoms with Crippen LogP contribution in [0.1, 0.15) is 41.6 Å². The Morgan fingerprint density at radius 3 is 2.96 bits per heavy atom. The van der Waals surface area contributed by atoms with E-state index in [1.165, 1.54) is 11.8 Å². The van der Waals surface area contributed by atoms with E-state index in [0.29, 0.717) is 10.9 Å². The molecule has 2 aromatic heterocycles. The zero-order valence-electron chi connectivity index (χ0n) is 13.6. The lowest BCUT2D eigenvalue weighted by Crippen LogP contribution is -2.32. The Morgan fingerprint density at radius 1 is 1.43 bits per heavy atom. The van der Waals surface area contributed by atoms with Gasteiger partial charge in [-0.05, 0) is 39.7 Å². The minimum absolute atomic E-state index is 0.0766. The normalized spacial score (nSPS) is 17.7. The first-order chi connectivity index (χ1) is 11.1. The smallest absolute Gasteiger partial charge is 0.233 e. The number of carbonyl (C=O) groups is 1. The predicted molar refractivity (Wildman–Crippen MR) is 87.2 cm³/mol. The number of likely N-dealkylation sites (tertiary alicyclic amines) is 1. The lowest BCUT2D eigenvalue weighted by atomic mass is 10.0. The maximum absolute atomic E-state index is 12.6. The summed E-state index contributed by atoms with van der Waals surface area (Å²) >= 11 is 1.38. The molecule has 1 fully saturated rings. The van der Waals surface area contributed by atoms with E-state index in [1.807, 2.05) is 31.7 Å². The standard InChI is InChI=1S/C16H20N4O2S/c1-10-6-7-17-16(18-10)23-9-14(21)20-8-4-5-13(20)15-11(2)19-22-12(15)3/h6-7,13H,4-5,8-9H2,1-3H3. The number of amides is 1. The van der Waals surface area contributed by atoms with E-state index in [-0.39, 0.29) is 11.9 Å². The number of hydrogen-bond acceptors (Lipinski definition) is 6. The van der Waals surface area contributed by atoms with Crippen molar-refractivity contribution in [3.05, 3.63) is 35.0 Å². The number of aryl methyl sites for hydroxylation is 3. The van der Waals surface area contributed by atoms with E-state index in [0.717, 1.165) is 42.1 Å². The zero-order chi connectivity index (χ0) is 16.4. The number of rotatable bonds is 4. The molecule has 1 aliphatic rings. The number of hydrogen-bond donors (Lipinski definition) is 0. The van der Waals surface area contributed by atoms with Crippen LogP contribution in [0, 0.1) is 20.8 Å². The molecule has 23 heavy (non-hydrogen) atoms. The van der Waals surface area contributed by atoms with Gasteiger partial charge >= 0.3 is 0 Å². The largest absolute Gasteiger partial charge is 0.361 e. The molecular formula is C16H20N4O2S. The van der Waals surface area contributed by atoms with Gasteiger partial charge in [0, 0.05) is 24.0 Å². The third kappa shape index (κ3) is 3.39. The Labute approximate surface area is 139 Å². The van der Waals surface area contributed by atoms with E-state index < -0.39 is 0 Å². The zero-order valence-corrected chi connectivity index (χ0v) is 14.4. The monoisotopic (exact) mass is 332 g/mol. The first-order valence-electron chi connectivity index (χ1n) is 7.71. The highest BCUT2D eigenvalue weighted by molar-refractivity contribution is 7.99. The summed E-state index contributed by atoms with van der Waals surface area (Å²) < 4.78 is 5.27. The molecule has 2 aromatic rings. The minimum Gasteiger partial charge on any atom is -0.361 e. The highest BCUT2D eigenvalue weighted by atomic mass is 32.2. The van der Waals surface area contributed by atoms with Gasteiger partial charge in [0.15, 0.2) is 5.16 Å². The Morgan fingerprint density at radius 2 is 2.26 bits per heavy atom. The Hall–Kier alpha value is -1.89. The van der Waals surface area contributed by atoms with E-state index in [2.05, 4.69) is 15.1 Å². The molecule has 6 nitrogen and oxygen atoms in total. The summed E-state index contributed by atoms with van der Waals surface area (Å²) in [7, 11) is 0. The second kappa shape index (κ2) is 6.70. The van der Waals surface area contributed by atoms with Crippen molar-refractivity contribution in [1.82, 2.24) is 20.0 Å². The molecule has 1 saturated heterocycles. The van der Waals surface area contributed by atoms with Crippen molar-refractivity contribution in [2.45, 2.75) is 44.8 Å². The topological polar surface area (TPSA) is 72.1 Å². The molecule has 1 atom stereocenters. The molecule has 0 aliphatic carbocycles. The van der Waals surface area contributed by atoms with Crippen LogP contribution in [-0.4, -0.2) is 38.2 Å². The molecule has 122 valence electrons. The van der Waals surface area contributed by atoms with Crippen LogP contribution >= 0.6 is 11.8 Å². The van der Waals surface area contributed by atoms with Gasteiger partial charge in [-0.3, -0.25) is 4.79 Å². The van der Waals surface area contributed by atoms with Crippen LogP contribution in [0.4, 0.5) is 0 Å². The van der Waals surface area contributed by atoms with Crippen LogP contribution in [0.2, 0.25) is 0 Å². The van der Waals surface area contributed by atoms with E-state index in [4.69, 9.17) is 4.52 Å². The molecular weight excluding hydrogens is 312 g/mol. The highest BCUT2D eigenvalue weighted by Crippen LogP contribution is 2.36. The molecule has 0 spiro atoms. The number of nitrogens with zero attached hydrogens (tertiary/aromatic N) is 4. The molecule has 0 aromatic carbocycles. The van der Waals surface area contributed by atoms with E-state index in [9.17, 15) is 4.79 Å². The third-order valence-electron chi connectivity index (χ3n) is 4.09. The molecule has 0 bridgehead atoms. The maximum atomic E-state index is 12.6. The average molecular weight is 332 g/mol. The second-order valence-corrected chi connectivity index (χ2v) is 6.69. The van der Waals surface area contributed by atoms with Gasteiger partial charge in [-0.2, -0.15) is 0 Å². The van der Waals surface area contributed by atoms with Crippen LogP contribution in [0.3, 0.4) is 0 Å². The fraction of sp³-hybridized carbons (Fsp3) is 0.500. The van der Waals surface area contributed by atoms with Gasteiger partial charge in [0.25, 0.3) is 0 Å². The first-order valence-corrected chi connectivity index (χ1v) is 8.69. The minimum atomic E-state index is 0.0766. The number of carbonyl (C=O) groups excluding carboxylic acids is 1. The molecule has 1 amide bonds. The summed E-state index contributed by atoms with van der Waals surface area (Å²) in [6, 6.07) is 1.92. The Bertz CT molecular complexity index is 696. The second-order valence-electron chi connectivity index (χ2n) is 5.75. The van der Waals surface area contributed by atoms with Crippen molar-refractivity contribution in [1.29, 1.82) is 0 Å². The van der Waals surface area contributed by atoms with Crippen molar-refractivity contribution in [2.75, 3.05) is 12.3 Å². The van der Waals surface area contributed by atoms with Crippen LogP contribution in [0.5, 0.6) is 0 Å². The summed E-state index contributed by atoms with van der Waals surface area (Å²) in [5.74, 6) is 1.27. The van der Waals surface area contributed by atoms with Crippen LogP contribution in [0.25, 0.3) is 0 Å². The van der Waals surface area contributed by atoms with Crippen molar-refractivity contribution >= 4 is 17.7 Å². The summed E-state index contributed by atoms with van der Waals surface area (Å²) in [6.07, 6.45) is 3.68. The fourth-order valence-electron chi connectivity index (χ4n) is 3.04. The first kappa shape index (κ1) is 16.0. The molecule has 0 N–H and O–H groups in total. The van der Waals surface area contributed by atoms with Crippen molar-refractivity contribution < 1.29 is 9.32 Å². The molecule has 0 saturated carbocycles. The third-order valence-corrected chi connectivity index (χ3v) is 4.94. The van der Waals surface area contributed by atoms with Crippen molar-refractivity contribution in [3.63, 3.8) is 0 Å². The molecule has 3 rings (SSSR count). The highest BCUT2D eigenvalue weighted by Gasteiger charge is 2.33. The summed E-state index contributed by atoms with van der Waals surface area (Å²) in [5.41, 5.74) is 2.85. The summed E-state index contributed by atoms with van der Waals surface area (Å²) in [6.45, 7) is 6.54. The van der Waals surface area contributed by atoms with Crippen LogP contribution in [0.15, 0.2) is 21.9 Å².